The van der Waals surface area contributed by atoms with Gasteiger partial charge in [0.25, 0.3) is 5.91 Å². The smallest absolute Gasteiger partial charge is 0.262 e. The molecule has 0 aromatic heterocycles. The molecule has 0 spiro atoms. The predicted molar refractivity (Wildman–Crippen MR) is 125 cm³/mol. The van der Waals surface area contributed by atoms with Crippen LogP contribution < -0.4 is 10.2 Å². The number of nitrogens with zero attached hydrogens (tertiary/aromatic N) is 2. The highest BCUT2D eigenvalue weighted by atomic mass is 16.5. The van der Waals surface area contributed by atoms with Crippen LogP contribution in [0.5, 0.6) is 0 Å². The summed E-state index contributed by atoms with van der Waals surface area (Å²) in [5.74, 6) is -0.408. The highest BCUT2D eigenvalue weighted by molar-refractivity contribution is 6.05. The van der Waals surface area contributed by atoms with Crippen LogP contribution in [-0.4, -0.2) is 63.7 Å². The number of amides is 1. The van der Waals surface area contributed by atoms with Gasteiger partial charge < -0.3 is 24.8 Å². The van der Waals surface area contributed by atoms with Crippen LogP contribution in [0, 0.1) is 11.3 Å². The van der Waals surface area contributed by atoms with Crippen molar-refractivity contribution < 1.29 is 19.4 Å². The number of aliphatic hydroxyl groups is 1. The molecule has 0 unspecified atom stereocenters. The molecule has 7 heteroatoms. The number of aliphatic hydroxyl groups excluding tert-OH is 1. The van der Waals surface area contributed by atoms with E-state index < -0.39 is 5.91 Å². The molecule has 2 N–H and O–H groups in total. The Morgan fingerprint density at radius 2 is 1.75 bits per heavy atom. The van der Waals surface area contributed by atoms with Crippen LogP contribution in [0.1, 0.15) is 25.3 Å². The van der Waals surface area contributed by atoms with Gasteiger partial charge in [-0.1, -0.05) is 18.2 Å². The summed E-state index contributed by atoms with van der Waals surface area (Å²) in [6.07, 6.45) is 2.48. The molecule has 2 aromatic carbocycles. The Kier molecular flexibility index (Phi) is 9.05. The van der Waals surface area contributed by atoms with E-state index in [1.165, 1.54) is 18.5 Å². The van der Waals surface area contributed by atoms with Crippen LogP contribution in [0.4, 0.5) is 5.69 Å². The number of anilines is 1. The van der Waals surface area contributed by atoms with E-state index in [1.807, 2.05) is 24.3 Å². The molecule has 3 rings (SSSR count). The van der Waals surface area contributed by atoms with Gasteiger partial charge in [0, 0.05) is 25.3 Å². The third kappa shape index (κ3) is 6.30. The lowest BCUT2D eigenvalue weighted by Crippen LogP contribution is -2.29. The number of hydrogen-bond acceptors (Lipinski definition) is 6. The van der Waals surface area contributed by atoms with Gasteiger partial charge in [0.1, 0.15) is 11.6 Å². The summed E-state index contributed by atoms with van der Waals surface area (Å²) in [6, 6.07) is 14.5. The van der Waals surface area contributed by atoms with Crippen LogP contribution in [-0.2, 0) is 14.3 Å². The number of fused-ring (bicyclic) bond motifs is 1. The second-order valence-electron chi connectivity index (χ2n) is 7.76. The van der Waals surface area contributed by atoms with Gasteiger partial charge in [0.2, 0.25) is 0 Å². The molecule has 1 heterocycles. The largest absolute Gasteiger partial charge is 0.394 e. The fourth-order valence-corrected chi connectivity index (χ4v) is 3.80. The molecule has 0 radical (unpaired) electrons. The minimum absolute atomic E-state index is 0.0183. The van der Waals surface area contributed by atoms with Crippen molar-refractivity contribution in [2.45, 2.75) is 19.8 Å². The summed E-state index contributed by atoms with van der Waals surface area (Å²) in [4.78, 5) is 14.9. The Morgan fingerprint density at radius 1 is 1.06 bits per heavy atom. The van der Waals surface area contributed by atoms with Gasteiger partial charge >= 0.3 is 0 Å². The molecule has 0 aliphatic carbocycles. The molecule has 32 heavy (non-hydrogen) atoms. The zero-order valence-electron chi connectivity index (χ0n) is 18.6. The van der Waals surface area contributed by atoms with Gasteiger partial charge in [0.15, 0.2) is 0 Å². The number of nitrogens with one attached hydrogen (secondary N) is 1. The first-order valence-electron chi connectivity index (χ1n) is 11.1. The Bertz CT molecular complexity index is 990. The topological polar surface area (TPSA) is 94.8 Å². The summed E-state index contributed by atoms with van der Waals surface area (Å²) in [5.41, 5.74) is 2.85. The zero-order valence-corrected chi connectivity index (χ0v) is 18.6. The number of carbonyl (C=O) groups excluding carboxylic acids is 1. The Morgan fingerprint density at radius 3 is 2.47 bits per heavy atom. The number of ether oxygens (including phenoxy) is 2. The zero-order chi connectivity index (χ0) is 22.8. The number of carbonyl (C=O) groups is 1. The van der Waals surface area contributed by atoms with E-state index in [1.54, 1.807) is 6.92 Å². The maximum Gasteiger partial charge on any atom is 0.262 e. The highest BCUT2D eigenvalue weighted by Crippen LogP contribution is 2.28. The molecule has 170 valence electrons. The summed E-state index contributed by atoms with van der Waals surface area (Å²) in [5, 5.41) is 23.2. The molecule has 1 aliphatic heterocycles. The predicted octanol–water partition coefficient (Wildman–Crippen LogP) is 2.88. The standard InChI is InChI=1S/C25H31N3O4/c1-19(24(18-26)25(30)27-8-12-31-14-15-32-13-11-29)20-4-5-22-17-23(7-6-21(22)16-20)28-9-2-3-10-28/h4-7,16-17,29H,2-3,8-15H2,1H3,(H,27,30)/b24-19+. The summed E-state index contributed by atoms with van der Waals surface area (Å²) >= 11 is 0. The Labute approximate surface area is 189 Å². The van der Waals surface area contributed by atoms with E-state index in [0.29, 0.717) is 31.9 Å². The number of rotatable bonds is 11. The molecule has 7 nitrogen and oxygen atoms in total. The van der Waals surface area contributed by atoms with Crippen LogP contribution in [0.25, 0.3) is 16.3 Å². The lowest BCUT2D eigenvalue weighted by Gasteiger charge is -2.18. The molecule has 1 fully saturated rings. The van der Waals surface area contributed by atoms with E-state index in [0.717, 1.165) is 29.4 Å². The minimum atomic E-state index is -0.408. The summed E-state index contributed by atoms with van der Waals surface area (Å²) in [6.45, 7) is 5.66. The molecule has 1 saturated heterocycles. The van der Waals surface area contributed by atoms with Crippen molar-refractivity contribution in [2.75, 3.05) is 57.6 Å². The summed E-state index contributed by atoms with van der Waals surface area (Å²) in [7, 11) is 0. The molecule has 0 bridgehead atoms. The summed E-state index contributed by atoms with van der Waals surface area (Å²) < 4.78 is 10.5. The van der Waals surface area contributed by atoms with Crippen LogP contribution >= 0.6 is 0 Å². The van der Waals surface area contributed by atoms with Crippen LogP contribution in [0.15, 0.2) is 42.0 Å². The Balaban J connectivity index is 1.61. The minimum Gasteiger partial charge on any atom is -0.394 e. The maximum atomic E-state index is 12.5. The van der Waals surface area contributed by atoms with Crippen molar-refractivity contribution >= 4 is 27.9 Å². The SMILES string of the molecule is C/C(=C(/C#N)C(=O)NCCOCCOCCO)c1ccc2cc(N3CCCC3)ccc2c1. The fourth-order valence-electron chi connectivity index (χ4n) is 3.80. The average Bonchev–Trinajstić information content (AvgIpc) is 3.35. The van der Waals surface area contributed by atoms with Crippen LogP contribution in [0.2, 0.25) is 0 Å². The molecular weight excluding hydrogens is 406 g/mol. The van der Waals surface area contributed by atoms with Gasteiger partial charge in [-0.05, 0) is 59.9 Å². The van der Waals surface area contributed by atoms with E-state index in [2.05, 4.69) is 28.4 Å². The van der Waals surface area contributed by atoms with Crippen LogP contribution in [0.3, 0.4) is 0 Å². The van der Waals surface area contributed by atoms with Crippen molar-refractivity contribution in [1.82, 2.24) is 5.32 Å². The molecule has 1 aliphatic rings. The first-order chi connectivity index (χ1) is 15.6. The van der Waals surface area contributed by atoms with Crippen molar-refractivity contribution in [2.24, 2.45) is 0 Å². The van der Waals surface area contributed by atoms with Gasteiger partial charge in [-0.15, -0.1) is 0 Å². The van der Waals surface area contributed by atoms with Gasteiger partial charge in [0.05, 0.1) is 33.0 Å². The van der Waals surface area contributed by atoms with E-state index in [9.17, 15) is 10.1 Å². The number of nitriles is 1. The van der Waals surface area contributed by atoms with Crippen molar-refractivity contribution in [3.05, 3.63) is 47.5 Å². The molecular formula is C25H31N3O4. The first-order valence-corrected chi connectivity index (χ1v) is 11.1. The maximum absolute atomic E-state index is 12.5. The number of allylic oxidation sites excluding steroid dienone is 1. The van der Waals surface area contributed by atoms with Crippen molar-refractivity contribution in [1.29, 1.82) is 5.26 Å². The molecule has 0 saturated carbocycles. The quantitative estimate of drug-likeness (QED) is 0.319. The van der Waals surface area contributed by atoms with Crippen molar-refractivity contribution in [3.8, 4) is 6.07 Å². The second kappa shape index (κ2) is 12.2. The van der Waals surface area contributed by atoms with E-state index in [4.69, 9.17) is 14.6 Å². The number of benzene rings is 2. The van der Waals surface area contributed by atoms with Gasteiger partial charge in [-0.3, -0.25) is 4.79 Å². The average molecular weight is 438 g/mol. The monoisotopic (exact) mass is 437 g/mol. The van der Waals surface area contributed by atoms with E-state index in [-0.39, 0.29) is 18.8 Å². The highest BCUT2D eigenvalue weighted by Gasteiger charge is 2.15. The van der Waals surface area contributed by atoms with E-state index >= 15 is 0 Å². The Hall–Kier alpha value is -2.92. The van der Waals surface area contributed by atoms with Gasteiger partial charge in [-0.2, -0.15) is 5.26 Å². The molecule has 0 atom stereocenters. The molecule has 2 aromatic rings. The van der Waals surface area contributed by atoms with Gasteiger partial charge in [-0.25, -0.2) is 0 Å². The normalized spacial score (nSPS) is 14.3. The third-order valence-electron chi connectivity index (χ3n) is 5.58. The van der Waals surface area contributed by atoms with Crippen molar-refractivity contribution in [3.63, 3.8) is 0 Å². The number of hydrogen-bond donors (Lipinski definition) is 2. The first kappa shape index (κ1) is 23.7. The third-order valence-corrected chi connectivity index (χ3v) is 5.58. The lowest BCUT2D eigenvalue weighted by atomic mass is 9.98. The lowest BCUT2D eigenvalue weighted by molar-refractivity contribution is -0.117. The fraction of sp³-hybridized carbons (Fsp3) is 0.440. The molecule has 1 amide bonds. The second-order valence-corrected chi connectivity index (χ2v) is 7.76.